The zero-order chi connectivity index (χ0) is 9.23. The van der Waals surface area contributed by atoms with Crippen LogP contribution in [0.15, 0.2) is 4.99 Å². The Morgan fingerprint density at radius 2 is 1.67 bits per heavy atom. The van der Waals surface area contributed by atoms with Gasteiger partial charge in [-0.3, -0.25) is 0 Å². The van der Waals surface area contributed by atoms with Gasteiger partial charge in [0.05, 0.1) is 13.2 Å². The Morgan fingerprint density at radius 3 is 2.08 bits per heavy atom. The molecule has 3 nitrogen and oxygen atoms in total. The van der Waals surface area contributed by atoms with Gasteiger partial charge >= 0.3 is 6.08 Å². The minimum atomic E-state index is 0.438. The molecule has 0 fully saturated rings. The standard InChI is InChI=1S/C9H19NO2/c1-4-7-8-10-9(11-5-2)12-6-3/h4-8H2,1-3H3. The zero-order valence-corrected chi connectivity index (χ0v) is 8.30. The molecule has 72 valence electrons. The Bertz CT molecular complexity index is 116. The van der Waals surface area contributed by atoms with Crippen LogP contribution in [0.25, 0.3) is 0 Å². The maximum atomic E-state index is 5.16. The molecular weight excluding hydrogens is 154 g/mol. The van der Waals surface area contributed by atoms with Crippen molar-refractivity contribution in [2.75, 3.05) is 19.8 Å². The van der Waals surface area contributed by atoms with Gasteiger partial charge in [0.1, 0.15) is 0 Å². The summed E-state index contributed by atoms with van der Waals surface area (Å²) in [5, 5.41) is 0. The van der Waals surface area contributed by atoms with Crippen LogP contribution in [0.1, 0.15) is 33.6 Å². The van der Waals surface area contributed by atoms with Crippen LogP contribution in [0, 0.1) is 0 Å². The van der Waals surface area contributed by atoms with Gasteiger partial charge in [0, 0.05) is 6.54 Å². The lowest BCUT2D eigenvalue weighted by atomic mass is 10.3. The van der Waals surface area contributed by atoms with Crippen molar-refractivity contribution in [3.8, 4) is 0 Å². The summed E-state index contributed by atoms with van der Waals surface area (Å²) in [6.07, 6.45) is 2.67. The summed E-state index contributed by atoms with van der Waals surface area (Å²) in [6.45, 7) is 8.01. The summed E-state index contributed by atoms with van der Waals surface area (Å²) in [4.78, 5) is 4.17. The topological polar surface area (TPSA) is 30.8 Å². The molecule has 0 radical (unpaired) electrons. The molecule has 0 aromatic heterocycles. The maximum Gasteiger partial charge on any atom is 0.383 e. The largest absolute Gasteiger partial charge is 0.451 e. The van der Waals surface area contributed by atoms with Gasteiger partial charge in [0.15, 0.2) is 0 Å². The molecular formula is C9H19NO2. The molecule has 0 aromatic carbocycles. The highest BCUT2D eigenvalue weighted by Gasteiger charge is 1.96. The highest BCUT2D eigenvalue weighted by Crippen LogP contribution is 1.91. The molecule has 0 aromatic rings. The third-order valence-corrected chi connectivity index (χ3v) is 1.29. The second kappa shape index (κ2) is 8.37. The summed E-state index contributed by atoms with van der Waals surface area (Å²) >= 11 is 0. The van der Waals surface area contributed by atoms with Crippen molar-refractivity contribution in [3.63, 3.8) is 0 Å². The summed E-state index contributed by atoms with van der Waals surface area (Å²) in [7, 11) is 0. The summed E-state index contributed by atoms with van der Waals surface area (Å²) in [5.74, 6) is 0. The van der Waals surface area contributed by atoms with E-state index in [-0.39, 0.29) is 0 Å². The average molecular weight is 173 g/mol. The quantitative estimate of drug-likeness (QED) is 0.362. The van der Waals surface area contributed by atoms with E-state index in [1.54, 1.807) is 0 Å². The van der Waals surface area contributed by atoms with Crippen molar-refractivity contribution in [3.05, 3.63) is 0 Å². The second-order valence-electron chi connectivity index (χ2n) is 2.37. The van der Waals surface area contributed by atoms with E-state index < -0.39 is 0 Å². The van der Waals surface area contributed by atoms with Crippen LogP contribution in [0.2, 0.25) is 0 Å². The molecule has 0 rings (SSSR count). The minimum absolute atomic E-state index is 0.438. The third kappa shape index (κ3) is 6.01. The SMILES string of the molecule is CCCCN=C(OCC)OCC. The molecule has 3 heteroatoms. The number of ether oxygens (including phenoxy) is 2. The van der Waals surface area contributed by atoms with Gasteiger partial charge in [-0.1, -0.05) is 13.3 Å². The summed E-state index contributed by atoms with van der Waals surface area (Å²) in [6, 6.07) is 0. The van der Waals surface area contributed by atoms with E-state index in [1.807, 2.05) is 13.8 Å². The number of unbranched alkanes of at least 4 members (excludes halogenated alkanes) is 1. The van der Waals surface area contributed by atoms with Crippen molar-refractivity contribution in [1.82, 2.24) is 0 Å². The number of hydrogen-bond acceptors (Lipinski definition) is 3. The first kappa shape index (κ1) is 11.3. The number of nitrogens with zero attached hydrogens (tertiary/aromatic N) is 1. The lowest BCUT2D eigenvalue weighted by Crippen LogP contribution is -2.10. The van der Waals surface area contributed by atoms with Crippen LogP contribution < -0.4 is 0 Å². The highest BCUT2D eigenvalue weighted by molar-refractivity contribution is 5.66. The monoisotopic (exact) mass is 173 g/mol. The van der Waals surface area contributed by atoms with E-state index in [0.29, 0.717) is 19.3 Å². The molecule has 0 aliphatic heterocycles. The first-order chi connectivity index (χ1) is 5.85. The Hall–Kier alpha value is -0.730. The molecule has 0 aliphatic rings. The van der Waals surface area contributed by atoms with Crippen molar-refractivity contribution in [1.29, 1.82) is 0 Å². The summed E-state index contributed by atoms with van der Waals surface area (Å²) < 4.78 is 10.3. The Labute approximate surface area is 74.8 Å². The fourth-order valence-electron chi connectivity index (χ4n) is 0.708. The van der Waals surface area contributed by atoms with Crippen LogP contribution in [-0.2, 0) is 9.47 Å². The number of aliphatic imine (C=N–C) groups is 1. The molecule has 0 atom stereocenters. The van der Waals surface area contributed by atoms with Gasteiger partial charge in [-0.05, 0) is 20.3 Å². The van der Waals surface area contributed by atoms with E-state index >= 15 is 0 Å². The van der Waals surface area contributed by atoms with Gasteiger partial charge in [0.25, 0.3) is 0 Å². The van der Waals surface area contributed by atoms with Crippen LogP contribution in [-0.4, -0.2) is 25.8 Å². The van der Waals surface area contributed by atoms with E-state index in [1.165, 1.54) is 0 Å². The van der Waals surface area contributed by atoms with Gasteiger partial charge in [-0.2, -0.15) is 0 Å². The molecule has 0 heterocycles. The predicted molar refractivity (Wildman–Crippen MR) is 50.5 cm³/mol. The first-order valence-electron chi connectivity index (χ1n) is 4.65. The number of rotatable bonds is 5. The van der Waals surface area contributed by atoms with Crippen LogP contribution in [0.5, 0.6) is 0 Å². The highest BCUT2D eigenvalue weighted by atomic mass is 16.7. The smallest absolute Gasteiger partial charge is 0.383 e. The van der Waals surface area contributed by atoms with E-state index in [0.717, 1.165) is 19.4 Å². The Kier molecular flexibility index (Phi) is 7.86. The van der Waals surface area contributed by atoms with Crippen molar-refractivity contribution in [2.24, 2.45) is 4.99 Å². The van der Waals surface area contributed by atoms with E-state index in [9.17, 15) is 0 Å². The lowest BCUT2D eigenvalue weighted by Gasteiger charge is -2.06. The molecule has 0 amide bonds. The average Bonchev–Trinajstić information content (AvgIpc) is 2.06. The fraction of sp³-hybridized carbons (Fsp3) is 0.889. The van der Waals surface area contributed by atoms with Crippen LogP contribution in [0.4, 0.5) is 0 Å². The molecule has 0 unspecified atom stereocenters. The molecule has 0 saturated heterocycles. The van der Waals surface area contributed by atoms with Crippen LogP contribution >= 0.6 is 0 Å². The molecule has 12 heavy (non-hydrogen) atoms. The van der Waals surface area contributed by atoms with Gasteiger partial charge < -0.3 is 9.47 Å². The molecule has 0 aliphatic carbocycles. The fourth-order valence-corrected chi connectivity index (χ4v) is 0.708. The normalized spacial score (nSPS) is 9.25. The van der Waals surface area contributed by atoms with Gasteiger partial charge in [-0.25, -0.2) is 4.99 Å². The Balaban J connectivity index is 3.64. The van der Waals surface area contributed by atoms with E-state index in [4.69, 9.17) is 9.47 Å². The second-order valence-corrected chi connectivity index (χ2v) is 2.37. The molecule has 0 saturated carbocycles. The van der Waals surface area contributed by atoms with E-state index in [2.05, 4.69) is 11.9 Å². The van der Waals surface area contributed by atoms with Crippen molar-refractivity contribution < 1.29 is 9.47 Å². The predicted octanol–water partition coefficient (Wildman–Crippen LogP) is 2.22. The van der Waals surface area contributed by atoms with Crippen LogP contribution in [0.3, 0.4) is 0 Å². The summed E-state index contributed by atoms with van der Waals surface area (Å²) in [5.41, 5.74) is 0. The Morgan fingerprint density at radius 1 is 1.08 bits per heavy atom. The molecule has 0 N–H and O–H groups in total. The number of hydrogen-bond donors (Lipinski definition) is 0. The third-order valence-electron chi connectivity index (χ3n) is 1.29. The zero-order valence-electron chi connectivity index (χ0n) is 8.30. The lowest BCUT2D eigenvalue weighted by molar-refractivity contribution is 0.179. The molecule has 0 spiro atoms. The van der Waals surface area contributed by atoms with Crippen molar-refractivity contribution in [2.45, 2.75) is 33.6 Å². The first-order valence-corrected chi connectivity index (χ1v) is 4.65. The van der Waals surface area contributed by atoms with Crippen molar-refractivity contribution >= 4 is 6.08 Å². The molecule has 0 bridgehead atoms. The maximum absolute atomic E-state index is 5.16. The van der Waals surface area contributed by atoms with Gasteiger partial charge in [-0.15, -0.1) is 0 Å². The minimum Gasteiger partial charge on any atom is -0.451 e. The van der Waals surface area contributed by atoms with Gasteiger partial charge in [0.2, 0.25) is 0 Å².